The van der Waals surface area contributed by atoms with Crippen LogP contribution in [0.5, 0.6) is 5.75 Å². The van der Waals surface area contributed by atoms with Gasteiger partial charge in [0, 0.05) is 5.69 Å². The van der Waals surface area contributed by atoms with Crippen molar-refractivity contribution in [2.75, 3.05) is 49.5 Å². The van der Waals surface area contributed by atoms with Gasteiger partial charge in [0.25, 0.3) is 5.91 Å². The summed E-state index contributed by atoms with van der Waals surface area (Å²) in [5, 5.41) is 3.49. The molecule has 0 aliphatic carbocycles. The highest BCUT2D eigenvalue weighted by molar-refractivity contribution is 6.33. The Hall–Kier alpha value is -2.24. The average molecular weight is 375 g/mol. The molecule has 0 aromatic heterocycles. The van der Waals surface area contributed by atoms with Crippen LogP contribution in [0.2, 0.25) is 5.02 Å². The molecule has 1 amide bonds. The number of quaternary nitrogens is 1. The van der Waals surface area contributed by atoms with E-state index in [9.17, 15) is 4.79 Å². The predicted molar refractivity (Wildman–Crippen MR) is 105 cm³/mol. The maximum Gasteiger partial charge on any atom is 0.262 e. The number of nitrogens with one attached hydrogen (secondary N) is 2. The number of likely N-dealkylation sites (N-methyl/N-ethyl adjacent to an activating group) is 1. The van der Waals surface area contributed by atoms with Gasteiger partial charge in [-0.1, -0.05) is 29.8 Å². The Morgan fingerprint density at radius 2 is 1.92 bits per heavy atom. The molecule has 0 atom stereocenters. The summed E-state index contributed by atoms with van der Waals surface area (Å²) in [7, 11) is 0. The van der Waals surface area contributed by atoms with Crippen molar-refractivity contribution in [3.8, 4) is 5.75 Å². The lowest BCUT2D eigenvalue weighted by Crippen LogP contribution is -3.14. The molecular weight excluding hydrogens is 350 g/mol. The van der Waals surface area contributed by atoms with Crippen molar-refractivity contribution in [1.29, 1.82) is 0 Å². The van der Waals surface area contributed by atoms with E-state index in [1.165, 1.54) is 0 Å². The highest BCUT2D eigenvalue weighted by Gasteiger charge is 2.20. The number of hydrogen-bond donors (Lipinski definition) is 2. The molecule has 3 rings (SSSR count). The number of amides is 1. The molecule has 1 aliphatic rings. The Morgan fingerprint density at radius 3 is 2.58 bits per heavy atom. The molecular formula is C20H25ClN3O2+. The highest BCUT2D eigenvalue weighted by atomic mass is 35.5. The summed E-state index contributed by atoms with van der Waals surface area (Å²) >= 11 is 6.46. The Balaban J connectivity index is 1.54. The number of anilines is 2. The monoisotopic (exact) mass is 374 g/mol. The quantitative estimate of drug-likeness (QED) is 0.813. The van der Waals surface area contributed by atoms with Crippen LogP contribution in [-0.4, -0.2) is 45.2 Å². The Morgan fingerprint density at radius 1 is 1.19 bits per heavy atom. The minimum atomic E-state index is -0.210. The summed E-state index contributed by atoms with van der Waals surface area (Å²) in [5.74, 6) is 0.460. The number of ether oxygens (including phenoxy) is 1. The number of carbonyl (C=O) groups is 1. The summed E-state index contributed by atoms with van der Waals surface area (Å²) in [6.07, 6.45) is 0. The van der Waals surface area contributed by atoms with Crippen molar-refractivity contribution >= 4 is 28.9 Å². The van der Waals surface area contributed by atoms with E-state index >= 15 is 0 Å². The maximum absolute atomic E-state index is 12.1. The molecule has 0 bridgehead atoms. The Kier molecular flexibility index (Phi) is 6.36. The second-order valence-electron chi connectivity index (χ2n) is 6.41. The van der Waals surface area contributed by atoms with Gasteiger partial charge >= 0.3 is 0 Å². The van der Waals surface area contributed by atoms with Crippen LogP contribution < -0.4 is 19.9 Å². The summed E-state index contributed by atoms with van der Waals surface area (Å²) in [4.78, 5) is 16.0. The number of halogens is 1. The number of benzene rings is 2. The SMILES string of the molecule is CC[NH+]1CCN(c2ccc(NC(=O)COc3ccccc3)cc2Cl)CC1. The number of para-hydroxylation sites is 1. The fraction of sp³-hybridized carbons (Fsp3) is 0.350. The number of nitrogens with zero attached hydrogens (tertiary/aromatic N) is 1. The van der Waals surface area contributed by atoms with Gasteiger partial charge < -0.3 is 19.9 Å². The van der Waals surface area contributed by atoms with Crippen molar-refractivity contribution in [3.63, 3.8) is 0 Å². The van der Waals surface area contributed by atoms with Crippen LogP contribution in [0.1, 0.15) is 6.92 Å². The van der Waals surface area contributed by atoms with Crippen molar-refractivity contribution in [2.45, 2.75) is 6.92 Å². The lowest BCUT2D eigenvalue weighted by Gasteiger charge is -2.33. The van der Waals surface area contributed by atoms with E-state index in [4.69, 9.17) is 16.3 Å². The van der Waals surface area contributed by atoms with Crippen LogP contribution in [0.25, 0.3) is 0 Å². The fourth-order valence-electron chi connectivity index (χ4n) is 3.12. The van der Waals surface area contributed by atoms with Crippen molar-refractivity contribution < 1.29 is 14.4 Å². The van der Waals surface area contributed by atoms with Gasteiger partial charge in [-0.05, 0) is 37.3 Å². The normalized spacial score (nSPS) is 14.9. The van der Waals surface area contributed by atoms with Gasteiger partial charge in [0.1, 0.15) is 5.75 Å². The first-order valence-electron chi connectivity index (χ1n) is 9.01. The zero-order chi connectivity index (χ0) is 18.4. The fourth-order valence-corrected chi connectivity index (χ4v) is 3.42. The molecule has 2 N–H and O–H groups in total. The van der Waals surface area contributed by atoms with Gasteiger partial charge in [-0.25, -0.2) is 0 Å². The Bertz CT molecular complexity index is 731. The van der Waals surface area contributed by atoms with E-state index in [1.807, 2.05) is 42.5 Å². The smallest absolute Gasteiger partial charge is 0.262 e. The molecule has 1 heterocycles. The topological polar surface area (TPSA) is 46.0 Å². The minimum Gasteiger partial charge on any atom is -0.484 e. The zero-order valence-electron chi connectivity index (χ0n) is 15.0. The van der Waals surface area contributed by atoms with Gasteiger partial charge in [-0.15, -0.1) is 0 Å². The molecule has 2 aromatic carbocycles. The second kappa shape index (κ2) is 8.92. The third-order valence-electron chi connectivity index (χ3n) is 4.66. The first kappa shape index (κ1) is 18.5. The number of rotatable bonds is 6. The zero-order valence-corrected chi connectivity index (χ0v) is 15.8. The van der Waals surface area contributed by atoms with E-state index in [0.717, 1.165) is 38.4 Å². The molecule has 26 heavy (non-hydrogen) atoms. The molecule has 0 unspecified atom stereocenters. The molecule has 138 valence electrons. The van der Waals surface area contributed by atoms with Gasteiger partial charge in [0.2, 0.25) is 0 Å². The minimum absolute atomic E-state index is 0.0366. The predicted octanol–water partition coefficient (Wildman–Crippen LogP) is 2.08. The first-order valence-corrected chi connectivity index (χ1v) is 9.39. The maximum atomic E-state index is 12.1. The van der Waals surface area contributed by atoms with E-state index < -0.39 is 0 Å². The van der Waals surface area contributed by atoms with E-state index in [-0.39, 0.29) is 12.5 Å². The third-order valence-corrected chi connectivity index (χ3v) is 4.96. The summed E-state index contributed by atoms with van der Waals surface area (Å²) in [6.45, 7) is 7.60. The average Bonchev–Trinajstić information content (AvgIpc) is 2.67. The van der Waals surface area contributed by atoms with Crippen LogP contribution in [0.15, 0.2) is 48.5 Å². The van der Waals surface area contributed by atoms with Gasteiger partial charge in [0.05, 0.1) is 43.4 Å². The van der Waals surface area contributed by atoms with Gasteiger partial charge in [-0.3, -0.25) is 4.79 Å². The van der Waals surface area contributed by atoms with Crippen LogP contribution in [0.3, 0.4) is 0 Å². The number of hydrogen-bond acceptors (Lipinski definition) is 3. The van der Waals surface area contributed by atoms with E-state index in [2.05, 4.69) is 17.1 Å². The number of carbonyl (C=O) groups excluding carboxylic acids is 1. The van der Waals surface area contributed by atoms with E-state index in [0.29, 0.717) is 16.5 Å². The second-order valence-corrected chi connectivity index (χ2v) is 6.81. The van der Waals surface area contributed by atoms with Gasteiger partial charge in [0.15, 0.2) is 6.61 Å². The van der Waals surface area contributed by atoms with E-state index in [1.54, 1.807) is 11.0 Å². The summed E-state index contributed by atoms with van der Waals surface area (Å²) in [6, 6.07) is 14.9. The molecule has 2 aromatic rings. The molecule has 1 saturated heterocycles. The summed E-state index contributed by atoms with van der Waals surface area (Å²) in [5.41, 5.74) is 1.71. The Labute approximate surface area is 159 Å². The molecule has 1 aliphatic heterocycles. The van der Waals surface area contributed by atoms with Crippen molar-refractivity contribution in [3.05, 3.63) is 53.6 Å². The number of piperazine rings is 1. The molecule has 0 saturated carbocycles. The van der Waals surface area contributed by atoms with Crippen LogP contribution in [-0.2, 0) is 4.79 Å². The molecule has 1 fully saturated rings. The van der Waals surface area contributed by atoms with Crippen molar-refractivity contribution in [1.82, 2.24) is 0 Å². The third kappa shape index (κ3) is 4.90. The van der Waals surface area contributed by atoms with Crippen LogP contribution in [0, 0.1) is 0 Å². The standard InChI is InChI=1S/C20H24ClN3O2/c1-2-23-10-12-24(13-11-23)19-9-8-16(14-18(19)21)22-20(25)15-26-17-6-4-3-5-7-17/h3-9,14H,2,10-13,15H2,1H3,(H,22,25)/p+1. The molecule has 0 spiro atoms. The summed E-state index contributed by atoms with van der Waals surface area (Å²) < 4.78 is 5.45. The molecule has 0 radical (unpaired) electrons. The van der Waals surface area contributed by atoms with Gasteiger partial charge in [-0.2, -0.15) is 0 Å². The lowest BCUT2D eigenvalue weighted by atomic mass is 10.2. The van der Waals surface area contributed by atoms with Crippen LogP contribution in [0.4, 0.5) is 11.4 Å². The van der Waals surface area contributed by atoms with Crippen molar-refractivity contribution in [2.24, 2.45) is 0 Å². The lowest BCUT2D eigenvalue weighted by molar-refractivity contribution is -0.898. The van der Waals surface area contributed by atoms with Crippen LogP contribution >= 0.6 is 11.6 Å². The molecule has 6 heteroatoms. The first-order chi connectivity index (χ1) is 12.7. The molecule has 5 nitrogen and oxygen atoms in total. The highest BCUT2D eigenvalue weighted by Crippen LogP contribution is 2.29. The largest absolute Gasteiger partial charge is 0.484 e.